The third-order valence-corrected chi connectivity index (χ3v) is 3.52. The summed E-state index contributed by atoms with van der Waals surface area (Å²) < 4.78 is 0. The van der Waals surface area contributed by atoms with Crippen LogP contribution in [-0.4, -0.2) is 0 Å². The van der Waals surface area contributed by atoms with E-state index in [2.05, 4.69) is 55.4 Å². The van der Waals surface area contributed by atoms with E-state index < -0.39 is 0 Å². The molecule has 0 atom stereocenters. The second-order valence-electron chi connectivity index (χ2n) is 6.13. The third kappa shape index (κ3) is 3.63. The second-order valence-corrected chi connectivity index (χ2v) is 6.13. The van der Waals surface area contributed by atoms with E-state index in [0.717, 1.165) is 35.5 Å². The van der Waals surface area contributed by atoms with Gasteiger partial charge in [0, 0.05) is 0 Å². The van der Waals surface area contributed by atoms with Crippen molar-refractivity contribution in [3.8, 4) is 0 Å². The van der Waals surface area contributed by atoms with Crippen LogP contribution < -0.4 is 0 Å². The highest BCUT2D eigenvalue weighted by Gasteiger charge is 2.31. The molecule has 0 aromatic heterocycles. The molecule has 14 heavy (non-hydrogen) atoms. The number of hydrogen-bond acceptors (Lipinski definition) is 0. The van der Waals surface area contributed by atoms with Crippen LogP contribution in [-0.2, 0) is 0 Å². The van der Waals surface area contributed by atoms with Gasteiger partial charge in [-0.05, 0) is 35.5 Å². The van der Waals surface area contributed by atoms with E-state index in [4.69, 9.17) is 0 Å². The van der Waals surface area contributed by atoms with Crippen molar-refractivity contribution in [2.75, 3.05) is 0 Å². The Morgan fingerprint density at radius 3 is 0.571 bits per heavy atom. The van der Waals surface area contributed by atoms with Gasteiger partial charge in [-0.1, -0.05) is 55.4 Å². The molecular weight excluding hydrogens is 168 g/mol. The minimum absolute atomic E-state index is 0.810. The monoisotopic (exact) mass is 198 g/mol. The molecule has 0 fully saturated rings. The van der Waals surface area contributed by atoms with Crippen LogP contribution in [0.5, 0.6) is 0 Å². The molecule has 0 aliphatic carbocycles. The summed E-state index contributed by atoms with van der Waals surface area (Å²) >= 11 is 0. The second kappa shape index (κ2) is 5.78. The highest BCUT2D eigenvalue weighted by atomic mass is 14.4. The predicted molar refractivity (Wildman–Crippen MR) is 66.3 cm³/mol. The van der Waals surface area contributed by atoms with Crippen LogP contribution in [0.15, 0.2) is 0 Å². The quantitative estimate of drug-likeness (QED) is 0.593. The van der Waals surface area contributed by atoms with Gasteiger partial charge in [-0.15, -0.1) is 0 Å². The molecular formula is C14H30. The van der Waals surface area contributed by atoms with E-state index in [1.165, 1.54) is 0 Å². The van der Waals surface area contributed by atoms with Gasteiger partial charge >= 0.3 is 0 Å². The average molecular weight is 198 g/mol. The lowest BCUT2D eigenvalue weighted by Crippen LogP contribution is -2.32. The van der Waals surface area contributed by atoms with E-state index in [0.29, 0.717) is 0 Å². The van der Waals surface area contributed by atoms with Gasteiger partial charge in [-0.25, -0.2) is 0 Å². The molecule has 0 radical (unpaired) electrons. The molecule has 0 rings (SSSR count). The summed E-state index contributed by atoms with van der Waals surface area (Å²) in [5.41, 5.74) is 0. The molecule has 0 unspecified atom stereocenters. The van der Waals surface area contributed by atoms with Crippen LogP contribution in [0.1, 0.15) is 55.4 Å². The summed E-state index contributed by atoms with van der Waals surface area (Å²) in [4.78, 5) is 0. The molecule has 0 aliphatic heterocycles. The smallest absolute Gasteiger partial charge is 0.0335 e. The van der Waals surface area contributed by atoms with Crippen molar-refractivity contribution in [3.05, 3.63) is 0 Å². The zero-order valence-electron chi connectivity index (χ0n) is 11.5. The van der Waals surface area contributed by atoms with Gasteiger partial charge in [0.15, 0.2) is 0 Å². The van der Waals surface area contributed by atoms with Crippen LogP contribution in [0, 0.1) is 35.5 Å². The standard InChI is InChI=1S/C14H30/c1-9(2)13(10(3)4)14(11(5)6)12(7)8/h9-14H,1-8H3. The normalized spacial score (nSPS) is 13.3. The van der Waals surface area contributed by atoms with Gasteiger partial charge in [0.1, 0.15) is 0 Å². The Balaban J connectivity index is 4.74. The summed E-state index contributed by atoms with van der Waals surface area (Å²) in [7, 11) is 0. The Hall–Kier alpha value is 0. The summed E-state index contributed by atoms with van der Waals surface area (Å²) in [6.07, 6.45) is 0. The molecule has 0 aromatic carbocycles. The summed E-state index contributed by atoms with van der Waals surface area (Å²) in [6.45, 7) is 19.0. The van der Waals surface area contributed by atoms with Crippen molar-refractivity contribution >= 4 is 0 Å². The van der Waals surface area contributed by atoms with Crippen LogP contribution >= 0.6 is 0 Å². The zero-order valence-corrected chi connectivity index (χ0v) is 11.5. The van der Waals surface area contributed by atoms with Crippen LogP contribution in [0.2, 0.25) is 0 Å². The molecule has 0 heteroatoms. The molecule has 0 spiro atoms. The van der Waals surface area contributed by atoms with Crippen LogP contribution in [0.4, 0.5) is 0 Å². The highest BCUT2D eigenvalue weighted by Crippen LogP contribution is 2.37. The molecule has 0 heterocycles. The van der Waals surface area contributed by atoms with Gasteiger partial charge in [-0.3, -0.25) is 0 Å². The van der Waals surface area contributed by atoms with E-state index in [-0.39, 0.29) is 0 Å². The highest BCUT2D eigenvalue weighted by molar-refractivity contribution is 4.79. The Kier molecular flexibility index (Phi) is 5.78. The molecule has 0 saturated heterocycles. The van der Waals surface area contributed by atoms with Crippen molar-refractivity contribution in [2.45, 2.75) is 55.4 Å². The summed E-state index contributed by atoms with van der Waals surface area (Å²) in [5, 5.41) is 0. The minimum Gasteiger partial charge on any atom is -0.0625 e. The third-order valence-electron chi connectivity index (χ3n) is 3.52. The van der Waals surface area contributed by atoms with Crippen molar-refractivity contribution in [3.63, 3.8) is 0 Å². The lowest BCUT2D eigenvalue weighted by Gasteiger charge is -2.38. The SMILES string of the molecule is CC(C)C(C(C)C)C(C(C)C)C(C)C. The maximum absolute atomic E-state index is 2.38. The van der Waals surface area contributed by atoms with Crippen LogP contribution in [0.25, 0.3) is 0 Å². The molecule has 0 amide bonds. The van der Waals surface area contributed by atoms with E-state index in [1.54, 1.807) is 0 Å². The average Bonchev–Trinajstić information content (AvgIpc) is 1.96. The lowest BCUT2D eigenvalue weighted by molar-refractivity contribution is 0.101. The molecule has 0 N–H and O–H groups in total. The van der Waals surface area contributed by atoms with Crippen molar-refractivity contribution < 1.29 is 0 Å². The van der Waals surface area contributed by atoms with Gasteiger partial charge in [0.05, 0.1) is 0 Å². The fourth-order valence-electron chi connectivity index (χ4n) is 3.32. The molecule has 0 bridgehead atoms. The molecule has 0 aromatic rings. The first-order valence-electron chi connectivity index (χ1n) is 6.29. The summed E-state index contributed by atoms with van der Waals surface area (Å²) in [6, 6.07) is 0. The fourth-order valence-corrected chi connectivity index (χ4v) is 3.32. The van der Waals surface area contributed by atoms with Crippen molar-refractivity contribution in [2.24, 2.45) is 35.5 Å². The molecule has 0 nitrogen and oxygen atoms in total. The van der Waals surface area contributed by atoms with Gasteiger partial charge in [0.25, 0.3) is 0 Å². The lowest BCUT2D eigenvalue weighted by atomic mass is 9.67. The largest absolute Gasteiger partial charge is 0.0625 e. The molecule has 86 valence electrons. The predicted octanol–water partition coefficient (Wildman–Crippen LogP) is 4.84. The Labute approximate surface area is 91.5 Å². The molecule has 0 aliphatic rings. The fraction of sp³-hybridized carbons (Fsp3) is 1.00. The number of rotatable bonds is 5. The summed E-state index contributed by atoms with van der Waals surface area (Å²) in [5.74, 6) is 4.98. The van der Waals surface area contributed by atoms with Crippen molar-refractivity contribution in [1.82, 2.24) is 0 Å². The van der Waals surface area contributed by atoms with Gasteiger partial charge < -0.3 is 0 Å². The van der Waals surface area contributed by atoms with Gasteiger partial charge in [0.2, 0.25) is 0 Å². The Morgan fingerprint density at radius 1 is 0.357 bits per heavy atom. The van der Waals surface area contributed by atoms with E-state index >= 15 is 0 Å². The maximum Gasteiger partial charge on any atom is -0.0335 e. The van der Waals surface area contributed by atoms with Gasteiger partial charge in [-0.2, -0.15) is 0 Å². The Morgan fingerprint density at radius 2 is 0.500 bits per heavy atom. The zero-order chi connectivity index (χ0) is 11.5. The first-order chi connectivity index (χ1) is 6.29. The first kappa shape index (κ1) is 14.0. The topological polar surface area (TPSA) is 0 Å². The van der Waals surface area contributed by atoms with Crippen molar-refractivity contribution in [1.29, 1.82) is 0 Å². The minimum atomic E-state index is 0.810. The maximum atomic E-state index is 2.38. The van der Waals surface area contributed by atoms with Crippen LogP contribution in [0.3, 0.4) is 0 Å². The molecule has 0 saturated carbocycles. The first-order valence-corrected chi connectivity index (χ1v) is 6.29. The van der Waals surface area contributed by atoms with E-state index in [9.17, 15) is 0 Å². The number of hydrogen-bond donors (Lipinski definition) is 0. The Bertz CT molecular complexity index is 108. The van der Waals surface area contributed by atoms with E-state index in [1.807, 2.05) is 0 Å².